The monoisotopic (exact) mass is 878 g/mol. The van der Waals surface area contributed by atoms with E-state index in [1.165, 1.54) is 13.8 Å². The molecule has 2 N–H and O–H groups in total. The van der Waals surface area contributed by atoms with Crippen LogP contribution in [0.25, 0.3) is 17.0 Å². The number of aliphatic imine (C=N–C) groups is 1. The molecule has 4 aliphatic heterocycles. The fourth-order valence-electron chi connectivity index (χ4n) is 9.52. The number of hydrogen-bond acceptors (Lipinski definition) is 15. The summed E-state index contributed by atoms with van der Waals surface area (Å²) in [7, 11) is 3.73. The number of nitrogens with zero attached hydrogens (tertiary/aromatic N) is 4. The number of aliphatic hydroxyl groups excluding tert-OH is 1. The lowest BCUT2D eigenvalue weighted by Crippen LogP contribution is -2.60. The van der Waals surface area contributed by atoms with Gasteiger partial charge in [0.15, 0.2) is 12.1 Å². The molecule has 0 saturated carbocycles. The van der Waals surface area contributed by atoms with Gasteiger partial charge in [0.05, 0.1) is 55.9 Å². The van der Waals surface area contributed by atoms with Crippen molar-refractivity contribution < 1.29 is 57.9 Å². The Bertz CT molecular complexity index is 2040. The van der Waals surface area contributed by atoms with Crippen LogP contribution in [-0.4, -0.2) is 150 Å². The number of carbonyl (C=O) groups excluding carboxylic acids is 3. The van der Waals surface area contributed by atoms with Gasteiger partial charge in [0.25, 0.3) is 5.91 Å². The Morgan fingerprint density at radius 3 is 2.51 bits per heavy atom. The Morgan fingerprint density at radius 1 is 1.03 bits per heavy atom. The molecule has 1 unspecified atom stereocenters. The molecule has 1 aromatic heterocycles. The number of oxime groups is 1. The molecule has 3 fully saturated rings. The zero-order valence-corrected chi connectivity index (χ0v) is 38.3. The minimum Gasteiger partial charge on any atom is -0.459 e. The first kappa shape index (κ1) is 48.5. The van der Waals surface area contributed by atoms with Gasteiger partial charge in [0.2, 0.25) is 6.10 Å². The van der Waals surface area contributed by atoms with Gasteiger partial charge in [-0.05, 0) is 84.7 Å². The van der Waals surface area contributed by atoms with E-state index in [1.54, 1.807) is 27.0 Å². The lowest BCUT2D eigenvalue weighted by atomic mass is 9.73. The van der Waals surface area contributed by atoms with Crippen molar-refractivity contribution >= 4 is 46.1 Å². The fourth-order valence-corrected chi connectivity index (χ4v) is 9.52. The van der Waals surface area contributed by atoms with Crippen molar-refractivity contribution in [1.82, 2.24) is 9.88 Å². The highest BCUT2D eigenvalue weighted by atomic mass is 16.7. The first-order valence-electron chi connectivity index (χ1n) is 22.1. The van der Waals surface area contributed by atoms with E-state index in [4.69, 9.17) is 38.3 Å². The predicted octanol–water partition coefficient (Wildman–Crippen LogP) is 4.56. The summed E-state index contributed by atoms with van der Waals surface area (Å²) in [6, 6.07) is 9.54. The number of para-hydroxylation sites is 1. The highest BCUT2D eigenvalue weighted by molar-refractivity contribution is 6.01. The molecular weight excluding hydrogens is 813 g/mol. The number of pyridine rings is 1. The van der Waals surface area contributed by atoms with E-state index in [9.17, 15) is 24.6 Å². The van der Waals surface area contributed by atoms with Crippen LogP contribution in [0.1, 0.15) is 80.2 Å². The lowest BCUT2D eigenvalue weighted by molar-refractivity contribution is -0.296. The summed E-state index contributed by atoms with van der Waals surface area (Å²) in [5.41, 5.74) is -0.882. The number of fused-ring (bicyclic) bond motifs is 5. The summed E-state index contributed by atoms with van der Waals surface area (Å²) in [5, 5.41) is 29.5. The molecule has 14 atom stereocenters. The van der Waals surface area contributed by atoms with Crippen LogP contribution in [0, 0.1) is 23.7 Å². The maximum Gasteiger partial charge on any atom is 0.316 e. The summed E-state index contributed by atoms with van der Waals surface area (Å²) >= 11 is 0. The molecule has 4 bridgehead atoms. The summed E-state index contributed by atoms with van der Waals surface area (Å²) < 4.78 is 38.3. The number of likely N-dealkylation sites (N-methyl/N-ethyl adjacent to an activating group) is 1. The van der Waals surface area contributed by atoms with E-state index >= 15 is 0 Å². The Hall–Kier alpha value is -4.00. The van der Waals surface area contributed by atoms with E-state index in [0.717, 1.165) is 16.5 Å². The average Bonchev–Trinajstić information content (AvgIpc) is 3.28. The number of esters is 1. The van der Waals surface area contributed by atoms with E-state index in [1.807, 2.05) is 82.3 Å². The summed E-state index contributed by atoms with van der Waals surface area (Å²) in [5.74, 6) is -5.59. The second-order valence-electron chi connectivity index (χ2n) is 18.4. The van der Waals surface area contributed by atoms with E-state index in [0.29, 0.717) is 12.1 Å². The number of carbonyl (C=O) groups is 3. The third-order valence-corrected chi connectivity index (χ3v) is 13.1. The third kappa shape index (κ3) is 10.9. The van der Waals surface area contributed by atoms with Crippen molar-refractivity contribution in [3.63, 3.8) is 0 Å². The topological polar surface area (TPSA) is 197 Å². The van der Waals surface area contributed by atoms with Gasteiger partial charge < -0.3 is 48.4 Å². The van der Waals surface area contributed by atoms with Gasteiger partial charge in [0, 0.05) is 35.2 Å². The Kier molecular flexibility index (Phi) is 15.7. The van der Waals surface area contributed by atoms with Crippen LogP contribution in [-0.2, 0) is 47.6 Å². The standard InChI is InChI=1S/C47H66N4O12/c1-11-37-47(8,56)42-28(4)38-26(2)21-46(7,41(29(5)39(52)30(6)44(55)61-37)62-45-40(53)35(51(9)10)19-27(3)60-45)59-24-33(23-58-42)50-63-36(43(54)49-38)25-57-18-14-15-31-20-32-16-12-13-17-34(32)48-22-31/h12-17,20,22,26-30,35-37,40-42,45,53,56H,11,18-19,21,23-25H2,1-10H3/b15-14+,49-38?,50-33-/t26-,27-,28+,29+,30-,35+,36?,37-,40-,41-,42-,45+,46-,47-/m1/s1. The molecule has 5 heterocycles. The number of benzene rings is 1. The van der Waals surface area contributed by atoms with Gasteiger partial charge in [-0.2, -0.15) is 0 Å². The third-order valence-electron chi connectivity index (χ3n) is 13.1. The zero-order valence-electron chi connectivity index (χ0n) is 38.3. The minimum atomic E-state index is -1.85. The van der Waals surface area contributed by atoms with Gasteiger partial charge in [-0.15, -0.1) is 0 Å². The van der Waals surface area contributed by atoms with E-state index in [-0.39, 0.29) is 57.1 Å². The number of amides is 1. The summed E-state index contributed by atoms with van der Waals surface area (Å²) in [4.78, 5) is 59.8. The van der Waals surface area contributed by atoms with Crippen LogP contribution >= 0.6 is 0 Å². The summed E-state index contributed by atoms with van der Waals surface area (Å²) in [6.45, 7) is 13.3. The van der Waals surface area contributed by atoms with Crippen LogP contribution in [0.15, 0.2) is 52.8 Å². The molecular formula is C47H66N4O12. The number of ether oxygens (including phenoxy) is 6. The van der Waals surface area contributed by atoms with E-state index < -0.39 is 89.3 Å². The Morgan fingerprint density at radius 2 is 1.78 bits per heavy atom. The SMILES string of the molecule is CC[C@H]1OC(=O)[C@H](C)C(=O)[C@H](C)[C@@H](O[C@@H]2O[C@H](C)C[C@H](N(C)C)[C@H]2O)[C@@]2(C)C[C@@H](C)C3=NC(=O)C(COC/C=C/c4cnc5ccccc5c4)O/N=C(/CO[C@H]([C@H]3C)[C@]1(C)O)CO2. The molecule has 0 spiro atoms. The Balaban J connectivity index is 1.39. The maximum absolute atomic E-state index is 14.5. The number of rotatable bonds is 9. The van der Waals surface area contributed by atoms with Crippen LogP contribution in [0.3, 0.4) is 0 Å². The number of ketones is 1. The molecule has 0 aliphatic carbocycles. The van der Waals surface area contributed by atoms with Crippen LogP contribution in [0.5, 0.6) is 0 Å². The molecule has 4 aliphatic rings. The van der Waals surface area contributed by atoms with Crippen LogP contribution in [0.4, 0.5) is 0 Å². The van der Waals surface area contributed by atoms with Crippen molar-refractivity contribution in [2.45, 2.75) is 135 Å². The van der Waals surface area contributed by atoms with Crippen molar-refractivity contribution in [2.24, 2.45) is 33.8 Å². The van der Waals surface area contributed by atoms with Gasteiger partial charge >= 0.3 is 5.97 Å². The first-order valence-corrected chi connectivity index (χ1v) is 22.1. The number of aromatic nitrogens is 1. The van der Waals surface area contributed by atoms with Crippen molar-refractivity contribution in [3.8, 4) is 0 Å². The number of hydrogen-bond donors (Lipinski definition) is 2. The second-order valence-corrected chi connectivity index (χ2v) is 18.4. The molecule has 3 saturated heterocycles. The van der Waals surface area contributed by atoms with Gasteiger partial charge in [0.1, 0.15) is 29.4 Å². The predicted molar refractivity (Wildman–Crippen MR) is 235 cm³/mol. The molecule has 16 nitrogen and oxygen atoms in total. The normalized spacial score (nSPS) is 38.3. The largest absolute Gasteiger partial charge is 0.459 e. The maximum atomic E-state index is 14.5. The van der Waals surface area contributed by atoms with Gasteiger partial charge in [-0.1, -0.05) is 63.2 Å². The van der Waals surface area contributed by atoms with E-state index in [2.05, 4.69) is 10.1 Å². The number of Topliss-reactive ketones (excluding diaryl/α,β-unsaturated/α-hetero) is 1. The highest BCUT2D eigenvalue weighted by Gasteiger charge is 2.53. The molecule has 6 rings (SSSR count). The van der Waals surface area contributed by atoms with Gasteiger partial charge in [-0.3, -0.25) is 19.4 Å². The fraction of sp³-hybridized carbons (Fsp3) is 0.660. The minimum absolute atomic E-state index is 0.135. The van der Waals surface area contributed by atoms with Crippen molar-refractivity contribution in [3.05, 3.63) is 48.2 Å². The molecule has 16 heteroatoms. The molecule has 1 amide bonds. The van der Waals surface area contributed by atoms with Crippen LogP contribution < -0.4 is 0 Å². The zero-order chi connectivity index (χ0) is 45.8. The quantitative estimate of drug-likeness (QED) is 0.202. The van der Waals surface area contributed by atoms with Crippen molar-refractivity contribution in [1.29, 1.82) is 0 Å². The second kappa shape index (κ2) is 20.4. The molecule has 0 radical (unpaired) electrons. The average molecular weight is 879 g/mol. The number of cyclic esters (lactones) is 1. The lowest BCUT2D eigenvalue weighted by Gasteiger charge is -2.47. The van der Waals surface area contributed by atoms with Crippen molar-refractivity contribution in [2.75, 3.05) is 40.5 Å². The smallest absolute Gasteiger partial charge is 0.316 e. The number of aliphatic hydroxyl groups is 2. The van der Waals surface area contributed by atoms with Gasteiger partial charge in [-0.25, -0.2) is 4.99 Å². The molecule has 63 heavy (non-hydrogen) atoms. The molecule has 2 aromatic rings. The first-order chi connectivity index (χ1) is 29.8. The highest BCUT2D eigenvalue weighted by Crippen LogP contribution is 2.40. The molecule has 1 aromatic carbocycles. The Labute approximate surface area is 370 Å². The summed E-state index contributed by atoms with van der Waals surface area (Å²) in [6.07, 6.45) is -0.864. The molecule has 346 valence electrons. The van der Waals surface area contributed by atoms with Crippen LogP contribution in [0.2, 0.25) is 0 Å².